The molecule has 31 heavy (non-hydrogen) atoms. The molecule has 0 aliphatic heterocycles. The van der Waals surface area contributed by atoms with Crippen molar-refractivity contribution in [1.82, 2.24) is 10.2 Å². The summed E-state index contributed by atoms with van der Waals surface area (Å²) < 4.78 is 11.1. The number of aryl methyl sites for hydroxylation is 2. The zero-order chi connectivity index (χ0) is 22.5. The molecule has 0 saturated heterocycles. The molecule has 9 nitrogen and oxygen atoms in total. The number of nitro benzene ring substituents is 1. The Bertz CT molecular complexity index is 1120. The number of benzene rings is 2. The van der Waals surface area contributed by atoms with Gasteiger partial charge in [-0.15, -0.1) is 10.2 Å². The van der Waals surface area contributed by atoms with Gasteiger partial charge in [-0.3, -0.25) is 14.9 Å². The van der Waals surface area contributed by atoms with E-state index in [0.717, 1.165) is 29.5 Å². The van der Waals surface area contributed by atoms with E-state index in [1.807, 2.05) is 32.0 Å². The number of hydrogen-bond donors (Lipinski definition) is 1. The number of hydrogen-bond acceptors (Lipinski definition) is 8. The molecule has 0 unspecified atom stereocenters. The van der Waals surface area contributed by atoms with E-state index in [1.54, 1.807) is 0 Å². The highest BCUT2D eigenvalue weighted by atomic mass is 35.5. The van der Waals surface area contributed by atoms with Crippen molar-refractivity contribution in [3.05, 3.63) is 67.5 Å². The number of nitrogens with zero attached hydrogens (tertiary/aromatic N) is 3. The topological polar surface area (TPSA) is 120 Å². The second-order valence-electron chi connectivity index (χ2n) is 6.37. The third kappa shape index (κ3) is 6.09. The average molecular weight is 483 g/mol. The first-order valence-electron chi connectivity index (χ1n) is 8.81. The van der Waals surface area contributed by atoms with Gasteiger partial charge in [0.05, 0.1) is 26.4 Å². The lowest BCUT2D eigenvalue weighted by Crippen LogP contribution is -2.14. The van der Waals surface area contributed by atoms with Crippen molar-refractivity contribution in [2.45, 2.75) is 25.7 Å². The van der Waals surface area contributed by atoms with Crippen LogP contribution in [0.5, 0.6) is 5.75 Å². The molecule has 0 atom stereocenters. The predicted molar refractivity (Wildman–Crippen MR) is 117 cm³/mol. The van der Waals surface area contributed by atoms with E-state index in [0.29, 0.717) is 5.75 Å². The van der Waals surface area contributed by atoms with Gasteiger partial charge in [-0.2, -0.15) is 0 Å². The molecule has 162 valence electrons. The van der Waals surface area contributed by atoms with Crippen LogP contribution in [0.2, 0.25) is 10.0 Å². The van der Waals surface area contributed by atoms with E-state index >= 15 is 0 Å². The molecule has 0 fully saturated rings. The van der Waals surface area contributed by atoms with Crippen molar-refractivity contribution >= 4 is 52.2 Å². The molecule has 2 aromatic carbocycles. The number of ether oxygens (including phenoxy) is 1. The molecule has 1 amide bonds. The highest BCUT2D eigenvalue weighted by Gasteiger charge is 2.17. The molecule has 0 aliphatic carbocycles. The molecule has 1 aromatic heterocycles. The van der Waals surface area contributed by atoms with Gasteiger partial charge in [0.2, 0.25) is 5.91 Å². The van der Waals surface area contributed by atoms with Crippen molar-refractivity contribution in [3.63, 3.8) is 0 Å². The number of amides is 1. The van der Waals surface area contributed by atoms with Crippen LogP contribution in [0.15, 0.2) is 40.0 Å². The van der Waals surface area contributed by atoms with Gasteiger partial charge in [0.25, 0.3) is 16.8 Å². The number of anilines is 1. The Kier molecular flexibility index (Phi) is 7.37. The molecule has 0 spiro atoms. The summed E-state index contributed by atoms with van der Waals surface area (Å²) in [5, 5.41) is 21.2. The van der Waals surface area contributed by atoms with E-state index < -0.39 is 10.8 Å². The minimum absolute atomic E-state index is 0.0406. The van der Waals surface area contributed by atoms with Crippen LogP contribution in [0.3, 0.4) is 0 Å². The van der Waals surface area contributed by atoms with Crippen LogP contribution in [0.25, 0.3) is 0 Å². The molecule has 3 aromatic rings. The molecule has 12 heteroatoms. The summed E-state index contributed by atoms with van der Waals surface area (Å²) in [6.45, 7) is 4.10. The molecule has 1 N–H and O–H groups in total. The molecule has 3 rings (SSSR count). The van der Waals surface area contributed by atoms with Crippen LogP contribution in [0.4, 0.5) is 11.4 Å². The quantitative estimate of drug-likeness (QED) is 0.263. The normalized spacial score (nSPS) is 10.7. The minimum atomic E-state index is -0.629. The number of halogens is 2. The van der Waals surface area contributed by atoms with Crippen LogP contribution in [0.1, 0.15) is 17.0 Å². The maximum atomic E-state index is 12.2. The number of nitro groups is 1. The summed E-state index contributed by atoms with van der Waals surface area (Å²) in [7, 11) is 0. The van der Waals surface area contributed by atoms with Gasteiger partial charge in [-0.1, -0.05) is 41.0 Å². The van der Waals surface area contributed by atoms with Crippen LogP contribution in [-0.2, 0) is 11.4 Å². The van der Waals surface area contributed by atoms with Gasteiger partial charge in [-0.05, 0) is 37.1 Å². The van der Waals surface area contributed by atoms with Crippen LogP contribution < -0.4 is 10.1 Å². The van der Waals surface area contributed by atoms with Gasteiger partial charge in [0.1, 0.15) is 5.75 Å². The first-order valence-corrected chi connectivity index (χ1v) is 10.6. The second-order valence-corrected chi connectivity index (χ2v) is 8.12. The Morgan fingerprint density at radius 2 is 1.90 bits per heavy atom. The summed E-state index contributed by atoms with van der Waals surface area (Å²) >= 11 is 13.0. The summed E-state index contributed by atoms with van der Waals surface area (Å²) in [5.74, 6) is 0.437. The Labute approximate surface area is 191 Å². The Morgan fingerprint density at radius 1 is 1.19 bits per heavy atom. The van der Waals surface area contributed by atoms with E-state index in [-0.39, 0.29) is 44.9 Å². The minimum Gasteiger partial charge on any atom is -0.484 e. The number of thioether (sulfide) groups is 1. The van der Waals surface area contributed by atoms with Crippen LogP contribution in [0, 0.1) is 24.0 Å². The Morgan fingerprint density at radius 3 is 2.55 bits per heavy atom. The smallest absolute Gasteiger partial charge is 0.277 e. The fourth-order valence-electron chi connectivity index (χ4n) is 2.39. The maximum absolute atomic E-state index is 12.2. The lowest BCUT2D eigenvalue weighted by Gasteiger charge is -2.08. The Hall–Kier alpha value is -2.82. The van der Waals surface area contributed by atoms with E-state index in [1.165, 1.54) is 5.56 Å². The van der Waals surface area contributed by atoms with Crippen LogP contribution in [-0.4, -0.2) is 26.8 Å². The third-order valence-electron chi connectivity index (χ3n) is 4.12. The second kappa shape index (κ2) is 9.99. The first-order chi connectivity index (χ1) is 14.7. The highest BCUT2D eigenvalue weighted by molar-refractivity contribution is 7.99. The van der Waals surface area contributed by atoms with Gasteiger partial charge in [-0.25, -0.2) is 0 Å². The molecule has 0 aliphatic rings. The van der Waals surface area contributed by atoms with Crippen LogP contribution >= 0.6 is 35.0 Å². The monoisotopic (exact) mass is 482 g/mol. The third-order valence-corrected chi connectivity index (χ3v) is 5.53. The SMILES string of the molecule is Cc1ccc(OCc2nnc(SCC(=O)Nc3c(Cl)cc([N+](=O)[O-])cc3Cl)o2)cc1C. The van der Waals surface area contributed by atoms with Crippen molar-refractivity contribution in [2.24, 2.45) is 0 Å². The van der Waals surface area contributed by atoms with Crippen molar-refractivity contribution in [3.8, 4) is 5.75 Å². The zero-order valence-electron chi connectivity index (χ0n) is 16.3. The molecular weight excluding hydrogens is 467 g/mol. The number of non-ortho nitro benzene ring substituents is 1. The average Bonchev–Trinajstić information content (AvgIpc) is 3.17. The maximum Gasteiger partial charge on any atom is 0.277 e. The summed E-state index contributed by atoms with van der Waals surface area (Å²) in [6, 6.07) is 7.95. The standard InChI is InChI=1S/C19H16Cl2N4O5S/c1-10-3-4-13(5-11(10)2)29-8-17-23-24-19(30-17)31-9-16(26)22-18-14(20)6-12(25(27)28)7-15(18)21/h3-7H,8-9H2,1-2H3,(H,22,26). The Balaban J connectivity index is 1.53. The number of carbonyl (C=O) groups is 1. The van der Waals surface area contributed by atoms with E-state index in [4.69, 9.17) is 32.4 Å². The molecule has 0 bridgehead atoms. The van der Waals surface area contributed by atoms with Gasteiger partial charge in [0, 0.05) is 12.1 Å². The summed E-state index contributed by atoms with van der Waals surface area (Å²) in [6.07, 6.45) is 0. The number of nitrogens with one attached hydrogen (secondary N) is 1. The van der Waals surface area contributed by atoms with Gasteiger partial charge >= 0.3 is 0 Å². The predicted octanol–water partition coefficient (Wildman–Crippen LogP) is 5.21. The van der Waals surface area contributed by atoms with Gasteiger partial charge in [0.15, 0.2) is 6.61 Å². The number of aromatic nitrogens is 2. The fraction of sp³-hybridized carbons (Fsp3) is 0.211. The van der Waals surface area contributed by atoms with E-state index in [9.17, 15) is 14.9 Å². The number of rotatable bonds is 8. The van der Waals surface area contributed by atoms with Crippen molar-refractivity contribution in [1.29, 1.82) is 0 Å². The number of carbonyl (C=O) groups excluding carboxylic acids is 1. The van der Waals surface area contributed by atoms with Crippen molar-refractivity contribution < 1.29 is 18.9 Å². The lowest BCUT2D eigenvalue weighted by molar-refractivity contribution is -0.384. The fourth-order valence-corrected chi connectivity index (χ4v) is 3.54. The van der Waals surface area contributed by atoms with Gasteiger partial charge < -0.3 is 14.5 Å². The molecule has 1 heterocycles. The molecular formula is C19H16Cl2N4O5S. The summed E-state index contributed by atoms with van der Waals surface area (Å²) in [4.78, 5) is 22.4. The largest absolute Gasteiger partial charge is 0.484 e. The van der Waals surface area contributed by atoms with E-state index in [2.05, 4.69) is 15.5 Å². The summed E-state index contributed by atoms with van der Waals surface area (Å²) in [5.41, 5.74) is 2.09. The highest BCUT2D eigenvalue weighted by Crippen LogP contribution is 2.34. The lowest BCUT2D eigenvalue weighted by atomic mass is 10.1. The molecule has 0 saturated carbocycles. The zero-order valence-corrected chi connectivity index (χ0v) is 18.7. The first kappa shape index (κ1) is 22.9. The molecule has 0 radical (unpaired) electrons. The van der Waals surface area contributed by atoms with Crippen molar-refractivity contribution in [2.75, 3.05) is 11.1 Å².